The Hall–Kier alpha value is -4.63. The molecule has 2 aromatic carbocycles. The molecule has 9 heteroatoms. The van der Waals surface area contributed by atoms with E-state index in [-0.39, 0.29) is 5.69 Å². The number of imidazole rings is 1. The highest BCUT2D eigenvalue weighted by atomic mass is 19.1. The molecule has 1 fully saturated rings. The number of fused-ring (bicyclic) bond motifs is 2. The molecule has 0 spiro atoms. The highest BCUT2D eigenvalue weighted by molar-refractivity contribution is 5.97. The SMILES string of the molecule is Fc1c(-c2cncc(CNCc3ccccc3)c2)ncc2[nH]nc(-c3nc4c(N5CCCCC5)cccc4[nH]3)c12. The summed E-state index contributed by atoms with van der Waals surface area (Å²) in [6, 6.07) is 18.3. The number of pyridine rings is 2. The van der Waals surface area contributed by atoms with Gasteiger partial charge in [-0.3, -0.25) is 15.1 Å². The number of piperidine rings is 1. The molecule has 0 atom stereocenters. The zero-order valence-electron chi connectivity index (χ0n) is 22.0. The lowest BCUT2D eigenvalue weighted by Gasteiger charge is -2.28. The van der Waals surface area contributed by atoms with Crippen molar-refractivity contribution in [2.45, 2.75) is 32.4 Å². The van der Waals surface area contributed by atoms with Crippen molar-refractivity contribution in [1.82, 2.24) is 35.5 Å². The molecule has 0 amide bonds. The minimum Gasteiger partial charge on any atom is -0.370 e. The molecule has 0 radical (unpaired) electrons. The Morgan fingerprint density at radius 3 is 2.58 bits per heavy atom. The van der Waals surface area contributed by atoms with Gasteiger partial charge in [-0.05, 0) is 48.6 Å². The summed E-state index contributed by atoms with van der Waals surface area (Å²) < 4.78 is 16.1. The maximum atomic E-state index is 16.1. The molecule has 0 bridgehead atoms. The summed E-state index contributed by atoms with van der Waals surface area (Å²) in [6.07, 6.45) is 8.66. The lowest BCUT2D eigenvalue weighted by atomic mass is 10.1. The van der Waals surface area contributed by atoms with Gasteiger partial charge in [0, 0.05) is 44.1 Å². The van der Waals surface area contributed by atoms with Gasteiger partial charge in [0.1, 0.15) is 16.9 Å². The van der Waals surface area contributed by atoms with Crippen LogP contribution in [0.15, 0.2) is 73.2 Å². The summed E-state index contributed by atoms with van der Waals surface area (Å²) >= 11 is 0. The molecule has 7 rings (SSSR count). The number of para-hydroxylation sites is 1. The topological polar surface area (TPSA) is 98.4 Å². The molecule has 40 heavy (non-hydrogen) atoms. The summed E-state index contributed by atoms with van der Waals surface area (Å²) in [5.74, 6) is 0.0768. The molecule has 8 nitrogen and oxygen atoms in total. The van der Waals surface area contributed by atoms with E-state index in [0.29, 0.717) is 34.5 Å². The van der Waals surface area contributed by atoms with Crippen LogP contribution in [0.5, 0.6) is 0 Å². The summed E-state index contributed by atoms with van der Waals surface area (Å²) in [5, 5.41) is 11.2. The van der Waals surface area contributed by atoms with Crippen LogP contribution < -0.4 is 10.2 Å². The molecular weight excluding hydrogens is 503 g/mol. The van der Waals surface area contributed by atoms with Crippen LogP contribution in [-0.4, -0.2) is 43.2 Å². The van der Waals surface area contributed by atoms with Gasteiger partial charge in [0.25, 0.3) is 0 Å². The Bertz CT molecular complexity index is 1790. The fourth-order valence-electron chi connectivity index (χ4n) is 5.53. The number of anilines is 1. The molecule has 4 aromatic heterocycles. The third-order valence-electron chi connectivity index (χ3n) is 7.53. The van der Waals surface area contributed by atoms with E-state index in [9.17, 15) is 0 Å². The second kappa shape index (κ2) is 10.5. The fourth-order valence-corrected chi connectivity index (χ4v) is 5.53. The molecule has 6 aromatic rings. The second-order valence-electron chi connectivity index (χ2n) is 10.3. The summed E-state index contributed by atoms with van der Waals surface area (Å²) in [4.78, 5) is 19.5. The second-order valence-corrected chi connectivity index (χ2v) is 10.3. The average molecular weight is 533 g/mol. The lowest BCUT2D eigenvalue weighted by molar-refractivity contribution is 0.579. The first kappa shape index (κ1) is 24.4. The molecule has 0 unspecified atom stereocenters. The van der Waals surface area contributed by atoms with Crippen molar-refractivity contribution in [2.24, 2.45) is 0 Å². The van der Waals surface area contributed by atoms with Gasteiger partial charge in [-0.25, -0.2) is 9.37 Å². The standard InChI is InChI=1S/C31H29FN8/c32-27-26-24(19-35-28(27)22-14-21(17-34-18-22)16-33-15-20-8-3-1-4-9-20)38-39-30(26)31-36-23-10-7-11-25(29(23)37-31)40-12-5-2-6-13-40/h1,3-4,7-11,14,17-19,33H,2,5-6,12-13,15-16H2,(H,36,37)(H,38,39). The highest BCUT2D eigenvalue weighted by Gasteiger charge is 2.22. The van der Waals surface area contributed by atoms with Gasteiger partial charge < -0.3 is 15.2 Å². The van der Waals surface area contributed by atoms with E-state index in [1.807, 2.05) is 36.4 Å². The predicted octanol–water partition coefficient (Wildman–Crippen LogP) is 5.98. The number of benzene rings is 2. The van der Waals surface area contributed by atoms with E-state index >= 15 is 4.39 Å². The van der Waals surface area contributed by atoms with Gasteiger partial charge in [-0.2, -0.15) is 5.10 Å². The van der Waals surface area contributed by atoms with E-state index in [0.717, 1.165) is 41.9 Å². The number of aromatic nitrogens is 6. The van der Waals surface area contributed by atoms with Gasteiger partial charge >= 0.3 is 0 Å². The molecule has 1 aliphatic rings. The van der Waals surface area contributed by atoms with Crippen LogP contribution in [0.4, 0.5) is 10.1 Å². The minimum atomic E-state index is -0.450. The van der Waals surface area contributed by atoms with E-state index in [4.69, 9.17) is 4.98 Å². The summed E-state index contributed by atoms with van der Waals surface area (Å²) in [6.45, 7) is 3.38. The van der Waals surface area contributed by atoms with Crippen molar-refractivity contribution in [1.29, 1.82) is 0 Å². The van der Waals surface area contributed by atoms with Crippen molar-refractivity contribution in [3.63, 3.8) is 0 Å². The molecule has 1 saturated heterocycles. The Morgan fingerprint density at radius 1 is 0.850 bits per heavy atom. The number of nitrogens with zero attached hydrogens (tertiary/aromatic N) is 5. The van der Waals surface area contributed by atoms with Crippen molar-refractivity contribution in [3.05, 3.63) is 90.1 Å². The fraction of sp³-hybridized carbons (Fsp3) is 0.226. The third kappa shape index (κ3) is 4.58. The maximum absolute atomic E-state index is 16.1. The van der Waals surface area contributed by atoms with Crippen molar-refractivity contribution in [2.75, 3.05) is 18.0 Å². The maximum Gasteiger partial charge on any atom is 0.161 e. The van der Waals surface area contributed by atoms with E-state index in [1.54, 1.807) is 18.6 Å². The smallest absolute Gasteiger partial charge is 0.161 e. The van der Waals surface area contributed by atoms with E-state index < -0.39 is 5.82 Å². The van der Waals surface area contributed by atoms with Crippen LogP contribution in [0.3, 0.4) is 0 Å². The Morgan fingerprint density at radius 2 is 1.70 bits per heavy atom. The minimum absolute atomic E-state index is 0.234. The number of rotatable bonds is 7. The van der Waals surface area contributed by atoms with Gasteiger partial charge in [0.05, 0.1) is 28.3 Å². The summed E-state index contributed by atoms with van der Waals surface area (Å²) in [7, 11) is 0. The van der Waals surface area contributed by atoms with Gasteiger partial charge in [-0.15, -0.1) is 0 Å². The Balaban J connectivity index is 1.21. The van der Waals surface area contributed by atoms with E-state index in [1.165, 1.54) is 24.8 Å². The number of H-pyrrole nitrogens is 2. The Labute approximate surface area is 230 Å². The first-order valence-corrected chi connectivity index (χ1v) is 13.7. The molecule has 5 heterocycles. The zero-order chi connectivity index (χ0) is 26.9. The quantitative estimate of drug-likeness (QED) is 0.234. The van der Waals surface area contributed by atoms with Crippen molar-refractivity contribution in [3.8, 4) is 22.8 Å². The monoisotopic (exact) mass is 532 g/mol. The molecule has 0 saturated carbocycles. The number of hydrogen-bond donors (Lipinski definition) is 3. The van der Waals surface area contributed by atoms with E-state index in [2.05, 4.69) is 53.6 Å². The largest absolute Gasteiger partial charge is 0.370 e. The predicted molar refractivity (Wildman–Crippen MR) is 155 cm³/mol. The average Bonchev–Trinajstić information content (AvgIpc) is 3.63. The lowest BCUT2D eigenvalue weighted by Crippen LogP contribution is -2.29. The molecule has 200 valence electrons. The zero-order valence-corrected chi connectivity index (χ0v) is 22.0. The molecule has 1 aliphatic heterocycles. The van der Waals surface area contributed by atoms with Gasteiger partial charge in [0.15, 0.2) is 11.6 Å². The van der Waals surface area contributed by atoms with Crippen LogP contribution in [0.2, 0.25) is 0 Å². The first-order valence-electron chi connectivity index (χ1n) is 13.7. The third-order valence-corrected chi connectivity index (χ3v) is 7.53. The number of nitrogens with one attached hydrogen (secondary N) is 3. The highest BCUT2D eigenvalue weighted by Crippen LogP contribution is 2.34. The van der Waals surface area contributed by atoms with Crippen LogP contribution >= 0.6 is 0 Å². The normalized spacial score (nSPS) is 13.9. The van der Waals surface area contributed by atoms with Crippen LogP contribution in [0.1, 0.15) is 30.4 Å². The summed E-state index contributed by atoms with van der Waals surface area (Å²) in [5.41, 5.74) is 6.84. The van der Waals surface area contributed by atoms with Crippen LogP contribution in [0, 0.1) is 5.82 Å². The molecule has 0 aliphatic carbocycles. The van der Waals surface area contributed by atoms with Crippen molar-refractivity contribution < 1.29 is 4.39 Å². The Kier molecular flexibility index (Phi) is 6.41. The molecular formula is C31H29FN8. The molecule has 3 N–H and O–H groups in total. The van der Waals surface area contributed by atoms with Crippen LogP contribution in [-0.2, 0) is 13.1 Å². The first-order chi connectivity index (χ1) is 19.7. The number of aromatic amines is 2. The van der Waals surface area contributed by atoms with Crippen molar-refractivity contribution >= 4 is 27.6 Å². The number of hydrogen-bond acceptors (Lipinski definition) is 6. The number of halogens is 1. The van der Waals surface area contributed by atoms with Gasteiger partial charge in [-0.1, -0.05) is 36.4 Å². The van der Waals surface area contributed by atoms with Crippen LogP contribution in [0.25, 0.3) is 44.7 Å². The van der Waals surface area contributed by atoms with Gasteiger partial charge in [0.2, 0.25) is 0 Å².